The van der Waals surface area contributed by atoms with E-state index in [1.165, 1.54) is 16.8 Å². The van der Waals surface area contributed by atoms with E-state index >= 15 is 0 Å². The van der Waals surface area contributed by atoms with Crippen molar-refractivity contribution in [2.45, 2.75) is 38.8 Å². The lowest BCUT2D eigenvalue weighted by atomic mass is 9.94. The molecule has 1 aromatic heterocycles. The number of nitrogens with one attached hydrogen (secondary N) is 2. The highest BCUT2D eigenvalue weighted by molar-refractivity contribution is 5.85. The molecule has 3 atom stereocenters. The minimum absolute atomic E-state index is 0. The van der Waals surface area contributed by atoms with E-state index in [1.807, 2.05) is 0 Å². The van der Waals surface area contributed by atoms with Crippen LogP contribution < -0.4 is 10.6 Å². The van der Waals surface area contributed by atoms with Gasteiger partial charge in [-0.3, -0.25) is 4.79 Å². The number of piperidine rings is 1. The average Bonchev–Trinajstić information content (AvgIpc) is 3.02. The second-order valence-corrected chi connectivity index (χ2v) is 6.60. The highest BCUT2D eigenvalue weighted by Gasteiger charge is 2.29. The minimum Gasteiger partial charge on any atom is -0.351 e. The van der Waals surface area contributed by atoms with Gasteiger partial charge in [-0.25, -0.2) is 9.07 Å². The topological polar surface area (TPSA) is 84.7 Å². The van der Waals surface area contributed by atoms with Crippen LogP contribution in [0.3, 0.4) is 0 Å². The SMILES string of the molecule is Cc1nnnn1C(Cc1ccc(F)cc1)C(=O)NC1CCNCC1C.Cl. The van der Waals surface area contributed by atoms with Crippen molar-refractivity contribution in [3.05, 3.63) is 41.5 Å². The van der Waals surface area contributed by atoms with Gasteiger partial charge in [0.05, 0.1) is 0 Å². The molecule has 1 fully saturated rings. The van der Waals surface area contributed by atoms with Gasteiger partial charge in [0.1, 0.15) is 17.7 Å². The second kappa shape index (κ2) is 9.05. The monoisotopic (exact) mass is 382 g/mol. The standard InChI is InChI=1S/C17H23FN6O.ClH/c1-11-10-19-8-7-15(11)20-17(25)16(24-12(2)21-22-23-24)9-13-3-5-14(18)6-4-13;/h3-6,11,15-16,19H,7-10H2,1-2H3,(H,20,25);1H. The molecular weight excluding hydrogens is 359 g/mol. The molecule has 2 heterocycles. The third kappa shape index (κ3) is 4.76. The summed E-state index contributed by atoms with van der Waals surface area (Å²) in [6.45, 7) is 5.66. The summed E-state index contributed by atoms with van der Waals surface area (Å²) in [6, 6.07) is 5.71. The number of nitrogens with zero attached hydrogens (tertiary/aromatic N) is 4. The van der Waals surface area contributed by atoms with Gasteiger partial charge in [-0.05, 0) is 60.5 Å². The van der Waals surface area contributed by atoms with E-state index < -0.39 is 6.04 Å². The molecule has 1 amide bonds. The molecule has 1 aliphatic heterocycles. The number of benzene rings is 1. The fraction of sp³-hybridized carbons (Fsp3) is 0.529. The molecule has 0 saturated carbocycles. The molecule has 9 heteroatoms. The van der Waals surface area contributed by atoms with E-state index in [0.29, 0.717) is 18.2 Å². The molecule has 1 aromatic carbocycles. The molecule has 1 aliphatic rings. The molecule has 2 N–H and O–H groups in total. The second-order valence-electron chi connectivity index (χ2n) is 6.60. The number of rotatable bonds is 5. The van der Waals surface area contributed by atoms with Gasteiger partial charge in [0.25, 0.3) is 0 Å². The highest BCUT2D eigenvalue weighted by Crippen LogP contribution is 2.18. The van der Waals surface area contributed by atoms with Crippen LogP contribution in [0.1, 0.15) is 30.8 Å². The first-order valence-corrected chi connectivity index (χ1v) is 8.54. The van der Waals surface area contributed by atoms with Crippen molar-refractivity contribution in [3.63, 3.8) is 0 Å². The van der Waals surface area contributed by atoms with Gasteiger partial charge in [-0.1, -0.05) is 19.1 Å². The van der Waals surface area contributed by atoms with E-state index in [2.05, 4.69) is 33.1 Å². The molecule has 7 nitrogen and oxygen atoms in total. The van der Waals surface area contributed by atoms with Crippen LogP contribution in [-0.2, 0) is 11.2 Å². The van der Waals surface area contributed by atoms with E-state index in [0.717, 1.165) is 25.1 Å². The Bertz CT molecular complexity index is 722. The fourth-order valence-electron chi connectivity index (χ4n) is 3.17. The Morgan fingerprint density at radius 1 is 1.42 bits per heavy atom. The normalized spacial score (nSPS) is 20.9. The maximum atomic E-state index is 13.1. The summed E-state index contributed by atoms with van der Waals surface area (Å²) in [5.41, 5.74) is 0.856. The number of halogens is 2. The Balaban J connectivity index is 0.00000243. The zero-order chi connectivity index (χ0) is 17.8. The lowest BCUT2D eigenvalue weighted by molar-refractivity contribution is -0.126. The molecule has 3 unspecified atom stereocenters. The Morgan fingerprint density at radius 3 is 2.77 bits per heavy atom. The number of hydrogen-bond donors (Lipinski definition) is 2. The number of amides is 1. The van der Waals surface area contributed by atoms with Gasteiger partial charge in [0.2, 0.25) is 5.91 Å². The van der Waals surface area contributed by atoms with Gasteiger partial charge in [0.15, 0.2) is 0 Å². The van der Waals surface area contributed by atoms with Crippen LogP contribution >= 0.6 is 12.4 Å². The van der Waals surface area contributed by atoms with Gasteiger partial charge < -0.3 is 10.6 Å². The molecule has 26 heavy (non-hydrogen) atoms. The maximum absolute atomic E-state index is 13.1. The van der Waals surface area contributed by atoms with Gasteiger partial charge in [-0.2, -0.15) is 0 Å². The number of carbonyl (C=O) groups is 1. The molecule has 1 saturated heterocycles. The summed E-state index contributed by atoms with van der Waals surface area (Å²) in [5.74, 6) is 0.519. The number of aryl methyl sites for hydroxylation is 1. The molecule has 0 bridgehead atoms. The fourth-order valence-corrected chi connectivity index (χ4v) is 3.17. The lowest BCUT2D eigenvalue weighted by Gasteiger charge is -2.31. The van der Waals surface area contributed by atoms with E-state index in [-0.39, 0.29) is 30.2 Å². The number of hydrogen-bond acceptors (Lipinski definition) is 5. The molecular formula is C17H24ClFN6O. The summed E-state index contributed by atoms with van der Waals surface area (Å²) in [5, 5.41) is 18.0. The maximum Gasteiger partial charge on any atom is 0.245 e. The van der Waals surface area contributed by atoms with E-state index in [1.54, 1.807) is 19.1 Å². The summed E-state index contributed by atoms with van der Waals surface area (Å²) in [7, 11) is 0. The highest BCUT2D eigenvalue weighted by atomic mass is 35.5. The van der Waals surface area contributed by atoms with Crippen molar-refractivity contribution in [2.75, 3.05) is 13.1 Å². The summed E-state index contributed by atoms with van der Waals surface area (Å²) < 4.78 is 14.7. The number of carbonyl (C=O) groups excluding carboxylic acids is 1. The van der Waals surface area contributed by atoms with Gasteiger partial charge >= 0.3 is 0 Å². The lowest BCUT2D eigenvalue weighted by Crippen LogP contribution is -2.50. The number of aromatic nitrogens is 4. The first-order chi connectivity index (χ1) is 12.0. The predicted molar refractivity (Wildman–Crippen MR) is 97.5 cm³/mol. The van der Waals surface area contributed by atoms with Crippen LogP contribution in [0.5, 0.6) is 0 Å². The third-order valence-electron chi connectivity index (χ3n) is 4.71. The summed E-state index contributed by atoms with van der Waals surface area (Å²) in [6.07, 6.45) is 1.29. The first-order valence-electron chi connectivity index (χ1n) is 8.54. The van der Waals surface area contributed by atoms with E-state index in [9.17, 15) is 9.18 Å². The molecule has 3 rings (SSSR count). The Labute approximate surface area is 158 Å². The zero-order valence-electron chi connectivity index (χ0n) is 14.9. The van der Waals surface area contributed by atoms with Crippen molar-refractivity contribution < 1.29 is 9.18 Å². The summed E-state index contributed by atoms with van der Waals surface area (Å²) in [4.78, 5) is 13.0. The predicted octanol–water partition coefficient (Wildman–Crippen LogP) is 1.44. The van der Waals surface area contributed by atoms with Crippen LogP contribution in [0, 0.1) is 18.7 Å². The van der Waals surface area contributed by atoms with Crippen LogP contribution in [0.25, 0.3) is 0 Å². The average molecular weight is 383 g/mol. The molecule has 0 radical (unpaired) electrons. The van der Waals surface area contributed by atoms with Crippen molar-refractivity contribution in [3.8, 4) is 0 Å². The molecule has 142 valence electrons. The minimum atomic E-state index is -0.567. The van der Waals surface area contributed by atoms with Gasteiger partial charge in [-0.15, -0.1) is 17.5 Å². The van der Waals surface area contributed by atoms with Crippen molar-refractivity contribution in [1.82, 2.24) is 30.8 Å². The van der Waals surface area contributed by atoms with Crippen molar-refractivity contribution in [2.24, 2.45) is 5.92 Å². The number of tetrazole rings is 1. The van der Waals surface area contributed by atoms with E-state index in [4.69, 9.17) is 0 Å². The smallest absolute Gasteiger partial charge is 0.245 e. The molecule has 0 spiro atoms. The zero-order valence-corrected chi connectivity index (χ0v) is 15.7. The molecule has 2 aromatic rings. The largest absolute Gasteiger partial charge is 0.351 e. The third-order valence-corrected chi connectivity index (χ3v) is 4.71. The van der Waals surface area contributed by atoms with Crippen LogP contribution in [0.2, 0.25) is 0 Å². The Kier molecular flexibility index (Phi) is 7.05. The Morgan fingerprint density at radius 2 is 2.15 bits per heavy atom. The van der Waals surface area contributed by atoms with Gasteiger partial charge in [0, 0.05) is 12.5 Å². The van der Waals surface area contributed by atoms with Crippen LogP contribution in [0.15, 0.2) is 24.3 Å². The first kappa shape index (κ1) is 20.3. The quantitative estimate of drug-likeness (QED) is 0.817. The van der Waals surface area contributed by atoms with Crippen LogP contribution in [0.4, 0.5) is 4.39 Å². The van der Waals surface area contributed by atoms with Crippen molar-refractivity contribution >= 4 is 18.3 Å². The summed E-state index contributed by atoms with van der Waals surface area (Å²) >= 11 is 0. The Hall–Kier alpha value is -2.06. The van der Waals surface area contributed by atoms with Crippen LogP contribution in [-0.4, -0.2) is 45.2 Å². The molecule has 0 aliphatic carbocycles. The van der Waals surface area contributed by atoms with Crippen molar-refractivity contribution in [1.29, 1.82) is 0 Å².